The van der Waals surface area contributed by atoms with Gasteiger partial charge < -0.3 is 14.4 Å². The molecule has 0 bridgehead atoms. The number of aryl methyl sites for hydroxylation is 2. The molecule has 5 rings (SSSR count). The average molecular weight is 476 g/mol. The topological polar surface area (TPSA) is 72.7 Å². The molecule has 184 valence electrons. The highest BCUT2D eigenvalue weighted by molar-refractivity contribution is 5.94. The first-order valence-electron chi connectivity index (χ1n) is 12.3. The molecule has 3 aromatic rings. The summed E-state index contributed by atoms with van der Waals surface area (Å²) < 4.78 is 12.9. The maximum atomic E-state index is 13.5. The van der Waals surface area contributed by atoms with Crippen molar-refractivity contribution < 1.29 is 14.3 Å². The monoisotopic (exact) mass is 475 g/mol. The van der Waals surface area contributed by atoms with Crippen LogP contribution in [0.4, 0.5) is 0 Å². The van der Waals surface area contributed by atoms with Gasteiger partial charge in [-0.1, -0.05) is 12.1 Å². The van der Waals surface area contributed by atoms with E-state index in [-0.39, 0.29) is 5.91 Å². The van der Waals surface area contributed by atoms with Crippen LogP contribution in [-0.4, -0.2) is 70.4 Å². The van der Waals surface area contributed by atoms with Crippen molar-refractivity contribution in [3.05, 3.63) is 75.9 Å². The normalized spacial score (nSPS) is 16.3. The molecule has 0 aliphatic carbocycles. The average Bonchev–Trinajstić information content (AvgIpc) is 3.24. The van der Waals surface area contributed by atoms with E-state index in [1.807, 2.05) is 27.8 Å². The zero-order valence-corrected chi connectivity index (χ0v) is 20.8. The SMILES string of the molecule is COc1cc(C)c(CN2CCc3c(c(C(=O)N4CCOCC4)nn3Cc3ccccn3)C2)cc1C. The van der Waals surface area contributed by atoms with Crippen molar-refractivity contribution in [3.63, 3.8) is 0 Å². The third-order valence-electron chi connectivity index (χ3n) is 7.00. The molecule has 8 nitrogen and oxygen atoms in total. The summed E-state index contributed by atoms with van der Waals surface area (Å²) in [5.74, 6) is 0.920. The second-order valence-corrected chi connectivity index (χ2v) is 9.37. The van der Waals surface area contributed by atoms with E-state index in [1.54, 1.807) is 13.3 Å². The van der Waals surface area contributed by atoms with Crippen LogP contribution in [0.15, 0.2) is 36.5 Å². The Morgan fingerprint density at radius 2 is 1.91 bits per heavy atom. The summed E-state index contributed by atoms with van der Waals surface area (Å²) in [7, 11) is 1.71. The Bertz CT molecular complexity index is 1200. The molecule has 8 heteroatoms. The van der Waals surface area contributed by atoms with Crippen molar-refractivity contribution in [3.8, 4) is 5.75 Å². The van der Waals surface area contributed by atoms with Gasteiger partial charge in [-0.25, -0.2) is 0 Å². The summed E-state index contributed by atoms with van der Waals surface area (Å²) in [6, 6.07) is 10.2. The lowest BCUT2D eigenvalue weighted by Gasteiger charge is -2.30. The van der Waals surface area contributed by atoms with Crippen LogP contribution in [0.25, 0.3) is 0 Å². The van der Waals surface area contributed by atoms with E-state index in [4.69, 9.17) is 14.6 Å². The van der Waals surface area contributed by atoms with Gasteiger partial charge in [-0.05, 0) is 48.7 Å². The molecular formula is C27H33N5O3. The molecule has 2 aliphatic rings. The number of hydrogen-bond acceptors (Lipinski definition) is 6. The molecule has 1 amide bonds. The number of pyridine rings is 1. The number of aromatic nitrogens is 3. The minimum Gasteiger partial charge on any atom is -0.496 e. The highest BCUT2D eigenvalue weighted by Crippen LogP contribution is 2.28. The number of rotatable bonds is 6. The summed E-state index contributed by atoms with van der Waals surface area (Å²) >= 11 is 0. The summed E-state index contributed by atoms with van der Waals surface area (Å²) in [5.41, 5.74) is 7.34. The number of benzene rings is 1. The minimum atomic E-state index is 0.00245. The molecule has 0 atom stereocenters. The van der Waals surface area contributed by atoms with Crippen molar-refractivity contribution in [2.45, 2.75) is 39.9 Å². The predicted molar refractivity (Wildman–Crippen MR) is 133 cm³/mol. The van der Waals surface area contributed by atoms with Crippen molar-refractivity contribution in [2.24, 2.45) is 0 Å². The van der Waals surface area contributed by atoms with Gasteiger partial charge in [0, 0.05) is 56.6 Å². The standard InChI is InChI=1S/C27H33N5O3/c1-19-15-25(34-3)20(2)14-21(19)16-30-9-7-24-23(18-30)26(27(33)31-10-12-35-13-11-31)29-32(24)17-22-6-4-5-8-28-22/h4-6,8,14-15H,7,9-13,16-18H2,1-3H3. The second kappa shape index (κ2) is 10.2. The summed E-state index contributed by atoms with van der Waals surface area (Å²) in [5, 5.41) is 4.86. The van der Waals surface area contributed by atoms with Crippen LogP contribution >= 0.6 is 0 Å². The summed E-state index contributed by atoms with van der Waals surface area (Å²) in [4.78, 5) is 22.3. The van der Waals surface area contributed by atoms with Gasteiger partial charge in [0.25, 0.3) is 5.91 Å². The van der Waals surface area contributed by atoms with Crippen molar-refractivity contribution in [1.82, 2.24) is 24.6 Å². The molecule has 0 unspecified atom stereocenters. The van der Waals surface area contributed by atoms with Crippen LogP contribution in [0.3, 0.4) is 0 Å². The Hall–Kier alpha value is -3.23. The second-order valence-electron chi connectivity index (χ2n) is 9.37. The summed E-state index contributed by atoms with van der Waals surface area (Å²) in [6.07, 6.45) is 2.64. The Balaban J connectivity index is 1.44. The van der Waals surface area contributed by atoms with Crippen LogP contribution in [0.1, 0.15) is 44.1 Å². The highest BCUT2D eigenvalue weighted by Gasteiger charge is 2.31. The van der Waals surface area contributed by atoms with Crippen LogP contribution < -0.4 is 4.74 Å². The van der Waals surface area contributed by atoms with Crippen LogP contribution in [0.2, 0.25) is 0 Å². The molecule has 35 heavy (non-hydrogen) atoms. The lowest BCUT2D eigenvalue weighted by molar-refractivity contribution is 0.0297. The third-order valence-corrected chi connectivity index (χ3v) is 7.00. The van der Waals surface area contributed by atoms with Gasteiger partial charge >= 0.3 is 0 Å². The first-order valence-corrected chi connectivity index (χ1v) is 12.3. The minimum absolute atomic E-state index is 0.00245. The van der Waals surface area contributed by atoms with E-state index in [2.05, 4.69) is 35.9 Å². The molecule has 2 aliphatic heterocycles. The van der Waals surface area contributed by atoms with Gasteiger partial charge in [-0.15, -0.1) is 0 Å². The Morgan fingerprint density at radius 3 is 2.66 bits per heavy atom. The lowest BCUT2D eigenvalue weighted by atomic mass is 10.0. The molecular weight excluding hydrogens is 442 g/mol. The molecule has 0 saturated carbocycles. The molecule has 0 N–H and O–H groups in total. The van der Waals surface area contributed by atoms with Gasteiger partial charge in [0.05, 0.1) is 32.6 Å². The summed E-state index contributed by atoms with van der Waals surface area (Å²) in [6.45, 7) is 9.58. The maximum absolute atomic E-state index is 13.5. The lowest BCUT2D eigenvalue weighted by Crippen LogP contribution is -2.41. The van der Waals surface area contributed by atoms with Gasteiger partial charge in [-0.3, -0.25) is 19.4 Å². The van der Waals surface area contributed by atoms with E-state index in [0.29, 0.717) is 45.1 Å². The molecule has 0 spiro atoms. The zero-order valence-electron chi connectivity index (χ0n) is 20.8. The van der Waals surface area contributed by atoms with E-state index >= 15 is 0 Å². The molecule has 0 radical (unpaired) electrons. The van der Waals surface area contributed by atoms with Crippen LogP contribution in [-0.2, 0) is 30.8 Å². The van der Waals surface area contributed by atoms with Crippen LogP contribution in [0.5, 0.6) is 5.75 Å². The number of amides is 1. The largest absolute Gasteiger partial charge is 0.496 e. The molecule has 1 saturated heterocycles. The molecule has 1 aromatic carbocycles. The van der Waals surface area contributed by atoms with E-state index in [0.717, 1.165) is 47.8 Å². The number of carbonyl (C=O) groups excluding carboxylic acids is 1. The number of fused-ring (bicyclic) bond motifs is 1. The van der Waals surface area contributed by atoms with Crippen molar-refractivity contribution >= 4 is 5.91 Å². The number of nitrogens with zero attached hydrogens (tertiary/aromatic N) is 5. The van der Waals surface area contributed by atoms with Gasteiger partial charge in [0.15, 0.2) is 5.69 Å². The van der Waals surface area contributed by atoms with Gasteiger partial charge in [0.1, 0.15) is 5.75 Å². The Morgan fingerprint density at radius 1 is 1.09 bits per heavy atom. The van der Waals surface area contributed by atoms with Crippen molar-refractivity contribution in [1.29, 1.82) is 0 Å². The number of methoxy groups -OCH3 is 1. The highest BCUT2D eigenvalue weighted by atomic mass is 16.5. The number of ether oxygens (including phenoxy) is 2. The van der Waals surface area contributed by atoms with E-state index in [9.17, 15) is 4.79 Å². The molecule has 2 aromatic heterocycles. The van der Waals surface area contributed by atoms with Crippen LogP contribution in [0, 0.1) is 13.8 Å². The third kappa shape index (κ3) is 4.94. The predicted octanol–water partition coefficient (Wildman–Crippen LogP) is 2.98. The van der Waals surface area contributed by atoms with E-state index < -0.39 is 0 Å². The maximum Gasteiger partial charge on any atom is 0.274 e. The van der Waals surface area contributed by atoms with Gasteiger partial charge in [-0.2, -0.15) is 5.10 Å². The smallest absolute Gasteiger partial charge is 0.274 e. The Kier molecular flexibility index (Phi) is 6.83. The fourth-order valence-electron chi connectivity index (χ4n) is 5.03. The first-order chi connectivity index (χ1) is 17.0. The quantitative estimate of drug-likeness (QED) is 0.546. The van der Waals surface area contributed by atoms with Crippen molar-refractivity contribution in [2.75, 3.05) is 40.0 Å². The number of carbonyl (C=O) groups is 1. The number of morpholine rings is 1. The van der Waals surface area contributed by atoms with E-state index in [1.165, 1.54) is 11.1 Å². The fraction of sp³-hybridized carbons (Fsp3) is 0.444. The molecule has 1 fully saturated rings. The molecule has 4 heterocycles. The first kappa shape index (κ1) is 23.5. The van der Waals surface area contributed by atoms with Gasteiger partial charge in [0.2, 0.25) is 0 Å². The Labute approximate surface area is 206 Å². The number of hydrogen-bond donors (Lipinski definition) is 0. The fourth-order valence-corrected chi connectivity index (χ4v) is 5.03. The zero-order chi connectivity index (χ0) is 24.4.